The van der Waals surface area contributed by atoms with Gasteiger partial charge in [-0.15, -0.1) is 33.1 Å². The van der Waals surface area contributed by atoms with Crippen molar-refractivity contribution in [2.45, 2.75) is 19.3 Å². The van der Waals surface area contributed by atoms with Crippen molar-refractivity contribution in [1.29, 1.82) is 0 Å². The molecule has 96 valence electrons. The van der Waals surface area contributed by atoms with Gasteiger partial charge in [0, 0.05) is 18.7 Å². The molecule has 0 aliphatic carbocycles. The van der Waals surface area contributed by atoms with Crippen LogP contribution in [-0.2, 0) is 12.8 Å². The summed E-state index contributed by atoms with van der Waals surface area (Å²) in [4.78, 5) is 0. The highest BCUT2D eigenvalue weighted by Crippen LogP contribution is 2.18. The van der Waals surface area contributed by atoms with Crippen LogP contribution in [0.25, 0.3) is 0 Å². The molecule has 0 saturated heterocycles. The van der Waals surface area contributed by atoms with E-state index in [2.05, 4.69) is 22.3 Å². The molecule has 0 fully saturated rings. The average molecular weight is 283 g/mol. The Morgan fingerprint density at radius 2 is 1.89 bits per heavy atom. The second-order valence-electron chi connectivity index (χ2n) is 3.91. The first-order valence-electron chi connectivity index (χ1n) is 5.82. The number of methoxy groups -OCH3 is 1. The molecule has 0 atom stereocenters. The third-order valence-electron chi connectivity index (χ3n) is 2.55. The Labute approximate surface area is 116 Å². The van der Waals surface area contributed by atoms with Gasteiger partial charge in [-0.3, -0.25) is 0 Å². The predicted molar refractivity (Wildman–Crippen MR) is 74.8 cm³/mol. The molecule has 0 unspecified atom stereocenters. The predicted octanol–water partition coefficient (Wildman–Crippen LogP) is 3.31. The molecule has 0 N–H and O–H groups in total. The summed E-state index contributed by atoms with van der Waals surface area (Å²) in [5.74, 6) is 1.55. The molecular formula is C13H15ClN2OS. The smallest absolute Gasteiger partial charge is 0.121 e. The quantitative estimate of drug-likeness (QED) is 0.763. The van der Waals surface area contributed by atoms with Gasteiger partial charge in [-0.1, -0.05) is 12.1 Å². The van der Waals surface area contributed by atoms with E-state index < -0.39 is 0 Å². The summed E-state index contributed by atoms with van der Waals surface area (Å²) in [6.07, 6.45) is 2.70. The van der Waals surface area contributed by atoms with Gasteiger partial charge in [-0.2, -0.15) is 0 Å². The molecule has 0 spiro atoms. The van der Waals surface area contributed by atoms with Crippen LogP contribution in [0.1, 0.15) is 22.0 Å². The number of aryl methyl sites for hydroxylation is 1. The van der Waals surface area contributed by atoms with Crippen molar-refractivity contribution < 1.29 is 4.74 Å². The fourth-order valence-corrected chi connectivity index (χ4v) is 2.65. The number of rotatable bonds is 6. The average Bonchev–Trinajstić information content (AvgIpc) is 2.85. The zero-order chi connectivity index (χ0) is 12.8. The number of ether oxygens (including phenoxy) is 1. The van der Waals surface area contributed by atoms with Gasteiger partial charge in [0.05, 0.1) is 7.11 Å². The van der Waals surface area contributed by atoms with E-state index in [1.165, 1.54) is 5.56 Å². The molecule has 0 aliphatic heterocycles. The molecule has 5 heteroatoms. The van der Waals surface area contributed by atoms with Crippen LogP contribution in [0.4, 0.5) is 0 Å². The minimum atomic E-state index is 0.674. The highest BCUT2D eigenvalue weighted by molar-refractivity contribution is 7.11. The van der Waals surface area contributed by atoms with Gasteiger partial charge in [0.25, 0.3) is 0 Å². The highest BCUT2D eigenvalue weighted by atomic mass is 35.5. The van der Waals surface area contributed by atoms with E-state index in [1.807, 2.05) is 12.1 Å². The molecule has 3 nitrogen and oxygen atoms in total. The van der Waals surface area contributed by atoms with E-state index in [4.69, 9.17) is 16.3 Å². The Bertz CT molecular complexity index is 484. The number of aromatic nitrogens is 2. The van der Waals surface area contributed by atoms with Crippen LogP contribution in [-0.4, -0.2) is 23.2 Å². The summed E-state index contributed by atoms with van der Waals surface area (Å²) >= 11 is 7.33. The fraction of sp³-hybridized carbons (Fsp3) is 0.385. The van der Waals surface area contributed by atoms with Gasteiger partial charge < -0.3 is 4.74 Å². The van der Waals surface area contributed by atoms with Gasteiger partial charge in [0.2, 0.25) is 0 Å². The summed E-state index contributed by atoms with van der Waals surface area (Å²) in [6.45, 7) is 0. The van der Waals surface area contributed by atoms with E-state index in [-0.39, 0.29) is 0 Å². The lowest BCUT2D eigenvalue weighted by Crippen LogP contribution is -1.88. The van der Waals surface area contributed by atoms with Crippen molar-refractivity contribution in [2.75, 3.05) is 13.0 Å². The maximum atomic E-state index is 5.66. The fourth-order valence-electron chi connectivity index (χ4n) is 1.60. The van der Waals surface area contributed by atoms with Gasteiger partial charge in [-0.25, -0.2) is 0 Å². The molecular weight excluding hydrogens is 268 g/mol. The standard InChI is InChI=1S/C13H15ClN2OS/c1-17-11-6-4-10(5-7-11)9-13-16-15-12(18-13)3-2-8-14/h4-7H,2-3,8-9H2,1H3. The van der Waals surface area contributed by atoms with Crippen molar-refractivity contribution in [3.05, 3.63) is 39.8 Å². The first kappa shape index (κ1) is 13.3. The number of hydrogen-bond acceptors (Lipinski definition) is 4. The maximum absolute atomic E-state index is 5.66. The van der Waals surface area contributed by atoms with Gasteiger partial charge in [0.15, 0.2) is 0 Å². The Hall–Kier alpha value is -1.13. The number of nitrogens with zero attached hydrogens (tertiary/aromatic N) is 2. The zero-order valence-corrected chi connectivity index (χ0v) is 11.8. The Morgan fingerprint density at radius 1 is 1.17 bits per heavy atom. The van der Waals surface area contributed by atoms with Crippen molar-refractivity contribution in [3.63, 3.8) is 0 Å². The highest BCUT2D eigenvalue weighted by Gasteiger charge is 2.05. The zero-order valence-electron chi connectivity index (χ0n) is 10.2. The van der Waals surface area contributed by atoms with E-state index in [0.717, 1.165) is 35.0 Å². The minimum absolute atomic E-state index is 0.674. The van der Waals surface area contributed by atoms with Crippen molar-refractivity contribution in [3.8, 4) is 5.75 Å². The maximum Gasteiger partial charge on any atom is 0.121 e. The lowest BCUT2D eigenvalue weighted by Gasteiger charge is -2.00. The van der Waals surface area contributed by atoms with E-state index in [9.17, 15) is 0 Å². The van der Waals surface area contributed by atoms with Gasteiger partial charge in [-0.05, 0) is 24.1 Å². The van der Waals surface area contributed by atoms with Crippen LogP contribution in [0.3, 0.4) is 0 Å². The first-order valence-corrected chi connectivity index (χ1v) is 7.17. The third-order valence-corrected chi connectivity index (χ3v) is 3.80. The SMILES string of the molecule is COc1ccc(Cc2nnc(CCCCl)s2)cc1. The number of halogens is 1. The summed E-state index contributed by atoms with van der Waals surface area (Å²) in [5, 5.41) is 10.5. The summed E-state index contributed by atoms with van der Waals surface area (Å²) in [5.41, 5.74) is 1.22. The Morgan fingerprint density at radius 3 is 2.56 bits per heavy atom. The van der Waals surface area contributed by atoms with Crippen molar-refractivity contribution in [1.82, 2.24) is 10.2 Å². The summed E-state index contributed by atoms with van der Waals surface area (Å²) in [7, 11) is 1.67. The van der Waals surface area contributed by atoms with Crippen molar-refractivity contribution in [2.24, 2.45) is 0 Å². The Balaban J connectivity index is 1.97. The molecule has 2 aromatic rings. The molecule has 0 saturated carbocycles. The van der Waals surface area contributed by atoms with Crippen LogP contribution in [0.15, 0.2) is 24.3 Å². The largest absolute Gasteiger partial charge is 0.497 e. The molecule has 1 heterocycles. The molecule has 1 aromatic carbocycles. The molecule has 1 aromatic heterocycles. The summed E-state index contributed by atoms with van der Waals surface area (Å²) < 4.78 is 5.13. The normalized spacial score (nSPS) is 10.6. The topological polar surface area (TPSA) is 35.0 Å². The molecule has 18 heavy (non-hydrogen) atoms. The van der Waals surface area contributed by atoms with Crippen LogP contribution >= 0.6 is 22.9 Å². The van der Waals surface area contributed by atoms with E-state index >= 15 is 0 Å². The lowest BCUT2D eigenvalue weighted by atomic mass is 10.1. The van der Waals surface area contributed by atoms with Crippen LogP contribution < -0.4 is 4.74 Å². The second-order valence-corrected chi connectivity index (χ2v) is 5.43. The monoisotopic (exact) mass is 282 g/mol. The van der Waals surface area contributed by atoms with Crippen LogP contribution in [0.5, 0.6) is 5.75 Å². The minimum Gasteiger partial charge on any atom is -0.497 e. The first-order chi connectivity index (χ1) is 8.81. The van der Waals surface area contributed by atoms with E-state index in [1.54, 1.807) is 18.4 Å². The molecule has 2 rings (SSSR count). The van der Waals surface area contributed by atoms with Crippen LogP contribution in [0.2, 0.25) is 0 Å². The molecule has 0 amide bonds. The number of hydrogen-bond donors (Lipinski definition) is 0. The summed E-state index contributed by atoms with van der Waals surface area (Å²) in [6, 6.07) is 8.03. The molecule has 0 bridgehead atoms. The second kappa shape index (κ2) is 6.71. The molecule has 0 aliphatic rings. The Kier molecular flexibility index (Phi) is 4.96. The van der Waals surface area contributed by atoms with Crippen molar-refractivity contribution >= 4 is 22.9 Å². The van der Waals surface area contributed by atoms with E-state index in [0.29, 0.717) is 5.88 Å². The van der Waals surface area contributed by atoms with Gasteiger partial charge >= 0.3 is 0 Å². The lowest BCUT2D eigenvalue weighted by molar-refractivity contribution is 0.414. The van der Waals surface area contributed by atoms with Gasteiger partial charge in [0.1, 0.15) is 15.8 Å². The molecule has 0 radical (unpaired) electrons. The number of alkyl halides is 1. The van der Waals surface area contributed by atoms with Crippen LogP contribution in [0, 0.1) is 0 Å². The third kappa shape index (κ3) is 3.68. The number of benzene rings is 1.